The minimum Gasteiger partial charge on any atom is -0.493 e. The van der Waals surface area contributed by atoms with Crippen molar-refractivity contribution in [1.82, 2.24) is 0 Å². The summed E-state index contributed by atoms with van der Waals surface area (Å²) >= 11 is 0. The van der Waals surface area contributed by atoms with Gasteiger partial charge in [-0.3, -0.25) is 0 Å². The molecule has 0 aliphatic rings. The molecule has 1 atom stereocenters. The van der Waals surface area contributed by atoms with Crippen molar-refractivity contribution in [1.29, 1.82) is 5.26 Å². The van der Waals surface area contributed by atoms with E-state index in [0.29, 0.717) is 18.9 Å². The van der Waals surface area contributed by atoms with Gasteiger partial charge in [0.1, 0.15) is 5.75 Å². The van der Waals surface area contributed by atoms with Crippen molar-refractivity contribution in [3.8, 4) is 11.8 Å². The summed E-state index contributed by atoms with van der Waals surface area (Å²) in [4.78, 5) is 0. The van der Waals surface area contributed by atoms with Crippen LogP contribution in [0.25, 0.3) is 0 Å². The topological polar surface area (TPSA) is 59.0 Å². The van der Waals surface area contributed by atoms with Gasteiger partial charge in [-0.15, -0.1) is 0 Å². The molecular weight excluding hydrogens is 200 g/mol. The Hall–Kier alpha value is -1.53. The van der Waals surface area contributed by atoms with Gasteiger partial charge < -0.3 is 10.5 Å². The zero-order chi connectivity index (χ0) is 12.0. The fraction of sp³-hybridized carbons (Fsp3) is 0.462. The van der Waals surface area contributed by atoms with E-state index in [9.17, 15) is 0 Å². The van der Waals surface area contributed by atoms with Crippen molar-refractivity contribution in [2.75, 3.05) is 6.61 Å². The first-order valence-electron chi connectivity index (χ1n) is 5.51. The SMILES string of the molecule is CC(C)c1ccc(OCCC(N)C#N)cc1. The Balaban J connectivity index is 2.41. The lowest BCUT2D eigenvalue weighted by Gasteiger charge is -2.09. The van der Waals surface area contributed by atoms with E-state index in [-0.39, 0.29) is 0 Å². The number of nitrogens with zero attached hydrogens (tertiary/aromatic N) is 1. The van der Waals surface area contributed by atoms with Crippen molar-refractivity contribution in [2.24, 2.45) is 5.73 Å². The highest BCUT2D eigenvalue weighted by Crippen LogP contribution is 2.18. The van der Waals surface area contributed by atoms with Crippen LogP contribution in [-0.4, -0.2) is 12.6 Å². The molecule has 2 N–H and O–H groups in total. The van der Waals surface area contributed by atoms with Crippen LogP contribution in [0.1, 0.15) is 31.7 Å². The van der Waals surface area contributed by atoms with Crippen LogP contribution in [0, 0.1) is 11.3 Å². The third-order valence-electron chi connectivity index (χ3n) is 2.41. The zero-order valence-corrected chi connectivity index (χ0v) is 9.81. The van der Waals surface area contributed by atoms with Crippen LogP contribution in [0.5, 0.6) is 5.75 Å². The van der Waals surface area contributed by atoms with Crippen molar-refractivity contribution in [3.63, 3.8) is 0 Å². The van der Waals surface area contributed by atoms with E-state index < -0.39 is 6.04 Å². The molecule has 0 radical (unpaired) electrons. The predicted molar refractivity (Wildman–Crippen MR) is 64.2 cm³/mol. The summed E-state index contributed by atoms with van der Waals surface area (Å²) in [5, 5.41) is 8.50. The molecule has 0 aliphatic carbocycles. The number of hydrogen-bond acceptors (Lipinski definition) is 3. The predicted octanol–water partition coefficient (Wildman–Crippen LogP) is 2.43. The molecule has 0 aliphatic heterocycles. The minimum absolute atomic E-state index is 0.435. The third-order valence-corrected chi connectivity index (χ3v) is 2.41. The zero-order valence-electron chi connectivity index (χ0n) is 9.81. The maximum atomic E-state index is 8.50. The van der Waals surface area contributed by atoms with E-state index in [0.717, 1.165) is 5.75 Å². The highest BCUT2D eigenvalue weighted by atomic mass is 16.5. The quantitative estimate of drug-likeness (QED) is 0.825. The molecule has 0 spiro atoms. The highest BCUT2D eigenvalue weighted by molar-refractivity contribution is 5.28. The van der Waals surface area contributed by atoms with E-state index in [1.165, 1.54) is 5.56 Å². The highest BCUT2D eigenvalue weighted by Gasteiger charge is 2.01. The standard InChI is InChI=1S/C13H18N2O/c1-10(2)11-3-5-13(6-4-11)16-8-7-12(15)9-14/h3-6,10,12H,7-8,15H2,1-2H3. The first-order valence-corrected chi connectivity index (χ1v) is 5.51. The molecule has 1 rings (SSSR count). The van der Waals surface area contributed by atoms with E-state index in [4.69, 9.17) is 15.7 Å². The second kappa shape index (κ2) is 6.14. The van der Waals surface area contributed by atoms with Crippen molar-refractivity contribution in [3.05, 3.63) is 29.8 Å². The molecule has 0 bridgehead atoms. The van der Waals surface area contributed by atoms with Crippen LogP contribution < -0.4 is 10.5 Å². The van der Waals surface area contributed by atoms with Crippen molar-refractivity contribution >= 4 is 0 Å². The Kier molecular flexibility index (Phi) is 4.81. The molecule has 3 nitrogen and oxygen atoms in total. The Labute approximate surface area is 96.8 Å². The first-order chi connectivity index (χ1) is 7.63. The second-order valence-electron chi connectivity index (χ2n) is 4.10. The molecule has 1 aromatic carbocycles. The molecule has 0 heterocycles. The van der Waals surface area contributed by atoms with Gasteiger partial charge in [-0.1, -0.05) is 26.0 Å². The Morgan fingerprint density at radius 1 is 1.31 bits per heavy atom. The Bertz CT molecular complexity index is 351. The van der Waals surface area contributed by atoms with Crippen molar-refractivity contribution < 1.29 is 4.74 Å². The summed E-state index contributed by atoms with van der Waals surface area (Å²) < 4.78 is 5.48. The molecule has 1 aromatic rings. The molecule has 16 heavy (non-hydrogen) atoms. The van der Waals surface area contributed by atoms with E-state index in [2.05, 4.69) is 26.0 Å². The van der Waals surface area contributed by atoms with Gasteiger partial charge in [0.25, 0.3) is 0 Å². The van der Waals surface area contributed by atoms with Gasteiger partial charge in [-0.05, 0) is 23.6 Å². The summed E-state index contributed by atoms with van der Waals surface area (Å²) in [5.41, 5.74) is 6.75. The molecule has 86 valence electrons. The maximum Gasteiger partial charge on any atom is 0.119 e. The third kappa shape index (κ3) is 3.92. The maximum absolute atomic E-state index is 8.50. The number of hydrogen-bond donors (Lipinski definition) is 1. The second-order valence-corrected chi connectivity index (χ2v) is 4.10. The summed E-state index contributed by atoms with van der Waals surface area (Å²) in [7, 11) is 0. The fourth-order valence-electron chi connectivity index (χ4n) is 1.32. The van der Waals surface area contributed by atoms with E-state index in [1.807, 2.05) is 18.2 Å². The smallest absolute Gasteiger partial charge is 0.119 e. The van der Waals surface area contributed by atoms with Crippen LogP contribution in [0.15, 0.2) is 24.3 Å². The molecule has 1 unspecified atom stereocenters. The first kappa shape index (κ1) is 12.5. The van der Waals surface area contributed by atoms with Crippen LogP contribution >= 0.6 is 0 Å². The number of nitriles is 1. The van der Waals surface area contributed by atoms with Gasteiger partial charge in [0.2, 0.25) is 0 Å². The Morgan fingerprint density at radius 3 is 2.44 bits per heavy atom. The lowest BCUT2D eigenvalue weighted by molar-refractivity contribution is 0.306. The van der Waals surface area contributed by atoms with Gasteiger partial charge in [0.05, 0.1) is 18.7 Å². The fourth-order valence-corrected chi connectivity index (χ4v) is 1.32. The normalized spacial score (nSPS) is 12.2. The molecule has 0 saturated heterocycles. The summed E-state index contributed by atoms with van der Waals surface area (Å²) in [5.74, 6) is 1.36. The molecule has 0 amide bonds. The van der Waals surface area contributed by atoms with Crippen molar-refractivity contribution in [2.45, 2.75) is 32.2 Å². The minimum atomic E-state index is -0.435. The van der Waals surface area contributed by atoms with Crippen LogP contribution in [0.3, 0.4) is 0 Å². The molecule has 0 saturated carbocycles. The van der Waals surface area contributed by atoms with Crippen LogP contribution in [0.4, 0.5) is 0 Å². The van der Waals surface area contributed by atoms with E-state index in [1.54, 1.807) is 0 Å². The molecular formula is C13H18N2O. The van der Waals surface area contributed by atoms with Crippen LogP contribution in [-0.2, 0) is 0 Å². The number of rotatable bonds is 5. The van der Waals surface area contributed by atoms with Gasteiger partial charge >= 0.3 is 0 Å². The van der Waals surface area contributed by atoms with Gasteiger partial charge in [0.15, 0.2) is 0 Å². The average molecular weight is 218 g/mol. The van der Waals surface area contributed by atoms with Crippen LogP contribution in [0.2, 0.25) is 0 Å². The van der Waals surface area contributed by atoms with Gasteiger partial charge in [-0.25, -0.2) is 0 Å². The number of nitrogens with two attached hydrogens (primary N) is 1. The molecule has 0 aromatic heterocycles. The monoisotopic (exact) mass is 218 g/mol. The Morgan fingerprint density at radius 2 is 1.94 bits per heavy atom. The number of ether oxygens (including phenoxy) is 1. The van der Waals surface area contributed by atoms with E-state index >= 15 is 0 Å². The largest absolute Gasteiger partial charge is 0.493 e. The molecule has 3 heteroatoms. The summed E-state index contributed by atoms with van der Waals surface area (Å²) in [6.07, 6.45) is 0.558. The average Bonchev–Trinajstić information content (AvgIpc) is 2.29. The summed E-state index contributed by atoms with van der Waals surface area (Å²) in [6, 6.07) is 9.56. The summed E-state index contributed by atoms with van der Waals surface area (Å²) in [6.45, 7) is 4.79. The lowest BCUT2D eigenvalue weighted by Crippen LogP contribution is -2.20. The van der Waals surface area contributed by atoms with Gasteiger partial charge in [0, 0.05) is 6.42 Å². The number of benzene rings is 1. The van der Waals surface area contributed by atoms with Gasteiger partial charge in [-0.2, -0.15) is 5.26 Å². The molecule has 0 fully saturated rings. The lowest BCUT2D eigenvalue weighted by atomic mass is 10.0.